The van der Waals surface area contributed by atoms with E-state index in [1.54, 1.807) is 0 Å². The van der Waals surface area contributed by atoms with Crippen molar-refractivity contribution < 1.29 is 0 Å². The third-order valence-corrected chi connectivity index (χ3v) is 7.53. The van der Waals surface area contributed by atoms with Crippen molar-refractivity contribution in [2.75, 3.05) is 0 Å². The van der Waals surface area contributed by atoms with Gasteiger partial charge in [0.15, 0.2) is 0 Å². The average molecular weight is 346 g/mol. The number of hydrogen-bond acceptors (Lipinski definition) is 1. The van der Waals surface area contributed by atoms with Crippen LogP contribution in [0.2, 0.25) is 0 Å². The zero-order valence-electron chi connectivity index (χ0n) is 17.2. The Morgan fingerprint density at radius 1 is 0.720 bits per heavy atom. The van der Waals surface area contributed by atoms with Gasteiger partial charge in [0.25, 0.3) is 0 Å². The molecule has 0 unspecified atom stereocenters. The van der Waals surface area contributed by atoms with E-state index in [1.807, 2.05) is 0 Å². The van der Waals surface area contributed by atoms with Gasteiger partial charge in [-0.3, -0.25) is 0 Å². The van der Waals surface area contributed by atoms with E-state index in [4.69, 9.17) is 0 Å². The molecule has 0 bridgehead atoms. The van der Waals surface area contributed by atoms with E-state index in [0.717, 1.165) is 11.8 Å². The van der Waals surface area contributed by atoms with Crippen molar-refractivity contribution in [2.45, 2.75) is 123 Å². The van der Waals surface area contributed by atoms with Crippen molar-refractivity contribution in [2.24, 2.45) is 23.2 Å². The van der Waals surface area contributed by atoms with E-state index >= 15 is 0 Å². The summed E-state index contributed by atoms with van der Waals surface area (Å²) in [6, 6.07) is 2.85. The molecule has 1 heteroatoms. The normalized spacial score (nSPS) is 33.1. The van der Waals surface area contributed by atoms with Crippen LogP contribution in [-0.2, 0) is 0 Å². The summed E-state index contributed by atoms with van der Waals surface area (Å²) in [5.41, 5.74) is 0.0499. The largest absolute Gasteiger partial charge is 0.198 e. The maximum absolute atomic E-state index is 10.0. The molecule has 2 aliphatic rings. The zero-order valence-corrected chi connectivity index (χ0v) is 17.2. The number of nitriles is 1. The molecule has 1 nitrogen and oxygen atoms in total. The van der Waals surface area contributed by atoms with Crippen LogP contribution in [0.4, 0.5) is 0 Å². The summed E-state index contributed by atoms with van der Waals surface area (Å²) in [5.74, 6) is 2.60. The predicted octanol–water partition coefficient (Wildman–Crippen LogP) is 8.04. The summed E-state index contributed by atoms with van der Waals surface area (Å²) < 4.78 is 0. The SMILES string of the molecule is CCCCCC[C@H]1CC[C@](C#N)(C2CCC(CCCCC)CC2)CC1. The van der Waals surface area contributed by atoms with Crippen LogP contribution in [0.3, 0.4) is 0 Å². The summed E-state index contributed by atoms with van der Waals surface area (Å²) in [7, 11) is 0. The van der Waals surface area contributed by atoms with E-state index in [-0.39, 0.29) is 5.41 Å². The zero-order chi connectivity index (χ0) is 18.0. The Morgan fingerprint density at radius 3 is 1.80 bits per heavy atom. The summed E-state index contributed by atoms with van der Waals surface area (Å²) in [5, 5.41) is 10.0. The maximum Gasteiger partial charge on any atom is 0.0692 e. The van der Waals surface area contributed by atoms with Crippen LogP contribution >= 0.6 is 0 Å². The highest BCUT2D eigenvalue weighted by Gasteiger charge is 2.43. The minimum Gasteiger partial charge on any atom is -0.198 e. The Labute approximate surface area is 158 Å². The molecule has 2 aliphatic carbocycles. The van der Waals surface area contributed by atoms with Crippen LogP contribution in [0.25, 0.3) is 0 Å². The van der Waals surface area contributed by atoms with E-state index in [2.05, 4.69) is 19.9 Å². The van der Waals surface area contributed by atoms with E-state index in [1.165, 1.54) is 109 Å². The van der Waals surface area contributed by atoms with Gasteiger partial charge in [0.05, 0.1) is 11.5 Å². The van der Waals surface area contributed by atoms with Gasteiger partial charge in [0, 0.05) is 0 Å². The minimum absolute atomic E-state index is 0.0499. The van der Waals surface area contributed by atoms with Gasteiger partial charge in [0.2, 0.25) is 0 Å². The summed E-state index contributed by atoms with van der Waals surface area (Å²) in [6.07, 6.45) is 23.1. The number of hydrogen-bond donors (Lipinski definition) is 0. The Hall–Kier alpha value is -0.510. The maximum atomic E-state index is 10.0. The second-order valence-electron chi connectivity index (χ2n) is 9.27. The first-order chi connectivity index (χ1) is 12.2. The Kier molecular flexibility index (Phi) is 9.36. The van der Waals surface area contributed by atoms with Crippen LogP contribution in [0.5, 0.6) is 0 Å². The van der Waals surface area contributed by atoms with Crippen molar-refractivity contribution in [3.05, 3.63) is 0 Å². The lowest BCUT2D eigenvalue weighted by Gasteiger charge is -2.43. The third-order valence-electron chi connectivity index (χ3n) is 7.53. The fourth-order valence-electron chi connectivity index (χ4n) is 5.64. The molecule has 0 amide bonds. The molecular weight excluding hydrogens is 302 g/mol. The van der Waals surface area contributed by atoms with Crippen molar-refractivity contribution in [1.82, 2.24) is 0 Å². The highest BCUT2D eigenvalue weighted by molar-refractivity contribution is 5.06. The standard InChI is InChI=1S/C24H43N/c1-3-5-7-9-11-22-16-18-24(20-25,19-17-22)23-14-12-21(13-15-23)10-8-6-4-2/h21-23H,3-19H2,1-2H3/t21?,22-,23?,24-. The Bertz CT molecular complexity index is 377. The van der Waals surface area contributed by atoms with Crippen molar-refractivity contribution in [1.29, 1.82) is 5.26 Å². The lowest BCUT2D eigenvalue weighted by molar-refractivity contribution is 0.0842. The van der Waals surface area contributed by atoms with Crippen molar-refractivity contribution >= 4 is 0 Å². The Balaban J connectivity index is 1.72. The van der Waals surface area contributed by atoms with Crippen LogP contribution in [0.1, 0.15) is 123 Å². The molecule has 0 aromatic heterocycles. The van der Waals surface area contributed by atoms with Crippen molar-refractivity contribution in [3.63, 3.8) is 0 Å². The lowest BCUT2D eigenvalue weighted by atomic mass is 9.59. The molecule has 2 fully saturated rings. The first-order valence-corrected chi connectivity index (χ1v) is 11.6. The van der Waals surface area contributed by atoms with Gasteiger partial charge in [-0.2, -0.15) is 5.26 Å². The fraction of sp³-hybridized carbons (Fsp3) is 0.958. The van der Waals surface area contributed by atoms with Gasteiger partial charge in [-0.15, -0.1) is 0 Å². The molecule has 0 saturated heterocycles. The van der Waals surface area contributed by atoms with Crippen LogP contribution in [-0.4, -0.2) is 0 Å². The molecule has 0 radical (unpaired) electrons. The van der Waals surface area contributed by atoms with Gasteiger partial charge in [-0.1, -0.05) is 84.5 Å². The van der Waals surface area contributed by atoms with E-state index in [9.17, 15) is 5.26 Å². The monoisotopic (exact) mass is 345 g/mol. The molecule has 2 saturated carbocycles. The molecule has 0 aliphatic heterocycles. The topological polar surface area (TPSA) is 23.8 Å². The van der Waals surface area contributed by atoms with Gasteiger partial charge < -0.3 is 0 Å². The Morgan fingerprint density at radius 2 is 1.24 bits per heavy atom. The minimum atomic E-state index is 0.0499. The van der Waals surface area contributed by atoms with E-state index < -0.39 is 0 Å². The molecule has 25 heavy (non-hydrogen) atoms. The number of unbranched alkanes of at least 4 members (excludes halogenated alkanes) is 5. The molecular formula is C24H43N. The molecule has 0 aromatic rings. The van der Waals surface area contributed by atoms with Gasteiger partial charge in [-0.05, 0) is 56.3 Å². The van der Waals surface area contributed by atoms with Gasteiger partial charge in [-0.25, -0.2) is 0 Å². The third kappa shape index (κ3) is 6.30. The smallest absolute Gasteiger partial charge is 0.0692 e. The molecule has 0 atom stereocenters. The summed E-state index contributed by atoms with van der Waals surface area (Å²) >= 11 is 0. The highest BCUT2D eigenvalue weighted by Crippen LogP contribution is 2.51. The first kappa shape index (κ1) is 20.8. The summed E-state index contributed by atoms with van der Waals surface area (Å²) in [6.45, 7) is 4.59. The van der Waals surface area contributed by atoms with Crippen LogP contribution in [0.15, 0.2) is 0 Å². The van der Waals surface area contributed by atoms with Gasteiger partial charge >= 0.3 is 0 Å². The second-order valence-corrected chi connectivity index (χ2v) is 9.27. The number of nitrogens with zero attached hydrogens (tertiary/aromatic N) is 1. The number of rotatable bonds is 10. The molecule has 0 heterocycles. The predicted molar refractivity (Wildman–Crippen MR) is 108 cm³/mol. The first-order valence-electron chi connectivity index (χ1n) is 11.6. The van der Waals surface area contributed by atoms with Crippen LogP contribution < -0.4 is 0 Å². The fourth-order valence-corrected chi connectivity index (χ4v) is 5.64. The molecule has 0 spiro atoms. The molecule has 2 rings (SSSR count). The second kappa shape index (κ2) is 11.3. The molecule has 144 valence electrons. The van der Waals surface area contributed by atoms with E-state index in [0.29, 0.717) is 5.92 Å². The van der Waals surface area contributed by atoms with Crippen LogP contribution in [0, 0.1) is 34.5 Å². The lowest BCUT2D eigenvalue weighted by Crippen LogP contribution is -2.36. The molecule has 0 aromatic carbocycles. The molecule has 0 N–H and O–H groups in total. The van der Waals surface area contributed by atoms with Gasteiger partial charge in [0.1, 0.15) is 0 Å². The quantitative estimate of drug-likeness (QED) is 0.367. The highest BCUT2D eigenvalue weighted by atomic mass is 14.5. The van der Waals surface area contributed by atoms with Crippen molar-refractivity contribution in [3.8, 4) is 6.07 Å². The average Bonchev–Trinajstić information content (AvgIpc) is 2.67. The summed E-state index contributed by atoms with van der Waals surface area (Å²) in [4.78, 5) is 0.